The van der Waals surface area contributed by atoms with Gasteiger partial charge in [-0.2, -0.15) is 5.10 Å². The Morgan fingerprint density at radius 1 is 1.26 bits per heavy atom. The number of methoxy groups -OCH3 is 1. The molecule has 0 atom stereocenters. The lowest BCUT2D eigenvalue weighted by Crippen LogP contribution is -2.45. The molecule has 7 nitrogen and oxygen atoms in total. The number of nitrogens with zero attached hydrogens (tertiary/aromatic N) is 3. The normalized spacial score (nSPS) is 17.1. The van der Waals surface area contributed by atoms with Crippen LogP contribution in [0.15, 0.2) is 47.1 Å². The van der Waals surface area contributed by atoms with Gasteiger partial charge in [-0.3, -0.25) is 10.00 Å². The van der Waals surface area contributed by atoms with Gasteiger partial charge in [0.1, 0.15) is 17.2 Å². The van der Waals surface area contributed by atoms with Gasteiger partial charge in [-0.05, 0) is 31.0 Å². The van der Waals surface area contributed by atoms with Crippen LogP contribution in [0.5, 0.6) is 5.75 Å². The van der Waals surface area contributed by atoms with Crippen LogP contribution >= 0.6 is 0 Å². The van der Waals surface area contributed by atoms with Crippen LogP contribution in [0.4, 0.5) is 0 Å². The Morgan fingerprint density at radius 2 is 2.11 bits per heavy atom. The van der Waals surface area contributed by atoms with Crippen LogP contribution in [0.2, 0.25) is 0 Å². The molecule has 0 bridgehead atoms. The Bertz CT molecular complexity index is 867. The van der Waals surface area contributed by atoms with E-state index in [1.807, 2.05) is 36.4 Å². The first-order valence-electron chi connectivity index (χ1n) is 9.17. The molecule has 0 saturated carbocycles. The summed E-state index contributed by atoms with van der Waals surface area (Å²) >= 11 is 0. The maximum atomic E-state index is 11.0. The molecule has 3 aromatic rings. The molecule has 0 amide bonds. The van der Waals surface area contributed by atoms with Crippen LogP contribution in [0.1, 0.15) is 24.3 Å². The van der Waals surface area contributed by atoms with Crippen LogP contribution in [0.3, 0.4) is 0 Å². The number of rotatable bonds is 6. The third-order valence-electron chi connectivity index (χ3n) is 5.17. The predicted molar refractivity (Wildman–Crippen MR) is 100 cm³/mol. The van der Waals surface area contributed by atoms with Crippen LogP contribution in [0.25, 0.3) is 11.3 Å². The van der Waals surface area contributed by atoms with Gasteiger partial charge in [0, 0.05) is 49.6 Å². The number of hydrogen-bond donors (Lipinski definition) is 2. The Hall–Kier alpha value is -2.64. The quantitative estimate of drug-likeness (QED) is 0.695. The zero-order valence-corrected chi connectivity index (χ0v) is 15.4. The average Bonchev–Trinajstić information content (AvgIpc) is 3.36. The molecule has 1 saturated heterocycles. The predicted octanol–water partition coefficient (Wildman–Crippen LogP) is 2.64. The van der Waals surface area contributed by atoms with Crippen molar-refractivity contribution in [3.63, 3.8) is 0 Å². The fourth-order valence-electron chi connectivity index (χ4n) is 3.56. The molecule has 0 radical (unpaired) electrons. The summed E-state index contributed by atoms with van der Waals surface area (Å²) in [6.45, 7) is 2.51. The lowest BCUT2D eigenvalue weighted by atomic mass is 9.87. The highest BCUT2D eigenvalue weighted by Crippen LogP contribution is 2.29. The number of aromatic nitrogens is 3. The highest BCUT2D eigenvalue weighted by atomic mass is 16.5. The molecular weight excluding hydrogens is 344 g/mol. The highest BCUT2D eigenvalue weighted by molar-refractivity contribution is 5.60. The van der Waals surface area contributed by atoms with Crippen LogP contribution in [-0.2, 0) is 13.0 Å². The molecule has 7 heteroatoms. The molecule has 1 aromatic carbocycles. The van der Waals surface area contributed by atoms with E-state index in [0.29, 0.717) is 25.0 Å². The number of ether oxygens (including phenoxy) is 1. The second kappa shape index (κ2) is 7.54. The lowest BCUT2D eigenvalue weighted by molar-refractivity contribution is -0.0267. The van der Waals surface area contributed by atoms with Crippen molar-refractivity contribution >= 4 is 0 Å². The van der Waals surface area contributed by atoms with Crippen molar-refractivity contribution in [1.82, 2.24) is 20.3 Å². The fourth-order valence-corrected chi connectivity index (χ4v) is 3.56. The summed E-state index contributed by atoms with van der Waals surface area (Å²) in [6.07, 6.45) is 3.65. The lowest BCUT2D eigenvalue weighted by Gasteiger charge is -2.37. The van der Waals surface area contributed by atoms with Gasteiger partial charge in [-0.15, -0.1) is 0 Å². The fraction of sp³-hybridized carbons (Fsp3) is 0.400. The van der Waals surface area contributed by atoms with Crippen molar-refractivity contribution in [3.8, 4) is 17.0 Å². The minimum atomic E-state index is -0.754. The molecule has 142 valence electrons. The SMILES string of the molecule is COc1cccc(-c2cc(CC3(O)CCN(Cc4ccn[nH]4)CC3)on2)c1. The summed E-state index contributed by atoms with van der Waals surface area (Å²) in [4.78, 5) is 2.32. The first-order chi connectivity index (χ1) is 13.1. The van der Waals surface area contributed by atoms with E-state index in [1.54, 1.807) is 13.3 Å². The second-order valence-electron chi connectivity index (χ2n) is 7.17. The van der Waals surface area contributed by atoms with E-state index in [9.17, 15) is 5.11 Å². The molecule has 2 N–H and O–H groups in total. The molecule has 0 unspecified atom stereocenters. The van der Waals surface area contributed by atoms with E-state index in [0.717, 1.165) is 42.3 Å². The molecule has 1 fully saturated rings. The topological polar surface area (TPSA) is 87.4 Å². The third-order valence-corrected chi connectivity index (χ3v) is 5.17. The Morgan fingerprint density at radius 3 is 2.85 bits per heavy atom. The van der Waals surface area contributed by atoms with E-state index in [1.165, 1.54) is 0 Å². The molecule has 0 spiro atoms. The zero-order valence-electron chi connectivity index (χ0n) is 15.4. The van der Waals surface area contributed by atoms with Crippen LogP contribution in [0, 0.1) is 0 Å². The Labute approximate surface area is 157 Å². The summed E-state index contributed by atoms with van der Waals surface area (Å²) in [5, 5.41) is 22.1. The summed E-state index contributed by atoms with van der Waals surface area (Å²) in [5.41, 5.74) is 2.03. The van der Waals surface area contributed by atoms with Gasteiger partial charge in [0.2, 0.25) is 0 Å². The second-order valence-corrected chi connectivity index (χ2v) is 7.17. The molecule has 3 heterocycles. The number of likely N-dealkylation sites (tertiary alicyclic amines) is 1. The number of piperidine rings is 1. The van der Waals surface area contributed by atoms with Crippen molar-refractivity contribution in [2.45, 2.75) is 31.4 Å². The zero-order chi connectivity index (χ0) is 18.7. The van der Waals surface area contributed by atoms with Crippen molar-refractivity contribution < 1.29 is 14.4 Å². The average molecular weight is 368 g/mol. The third kappa shape index (κ3) is 4.20. The minimum Gasteiger partial charge on any atom is -0.497 e. The number of nitrogens with one attached hydrogen (secondary N) is 1. The van der Waals surface area contributed by atoms with Crippen molar-refractivity contribution in [2.75, 3.05) is 20.2 Å². The number of aromatic amines is 1. The molecule has 27 heavy (non-hydrogen) atoms. The minimum absolute atomic E-state index is 0.474. The number of aliphatic hydroxyl groups is 1. The number of hydrogen-bond acceptors (Lipinski definition) is 6. The number of H-pyrrole nitrogens is 1. The Balaban J connectivity index is 1.37. The van der Waals surface area contributed by atoms with Gasteiger partial charge in [0.15, 0.2) is 0 Å². The summed E-state index contributed by atoms with van der Waals surface area (Å²) < 4.78 is 10.8. The maximum Gasteiger partial charge on any atom is 0.140 e. The van der Waals surface area contributed by atoms with E-state index in [-0.39, 0.29) is 0 Å². The van der Waals surface area contributed by atoms with Crippen LogP contribution in [-0.4, -0.2) is 51.2 Å². The first-order valence-corrected chi connectivity index (χ1v) is 9.17. The summed E-state index contributed by atoms with van der Waals surface area (Å²) in [5.74, 6) is 1.48. The van der Waals surface area contributed by atoms with Gasteiger partial charge < -0.3 is 14.4 Å². The molecule has 1 aliphatic rings. The van der Waals surface area contributed by atoms with Gasteiger partial charge in [0.25, 0.3) is 0 Å². The van der Waals surface area contributed by atoms with Gasteiger partial charge in [-0.25, -0.2) is 0 Å². The smallest absolute Gasteiger partial charge is 0.140 e. The molecule has 4 rings (SSSR count). The van der Waals surface area contributed by atoms with Gasteiger partial charge >= 0.3 is 0 Å². The molecule has 1 aliphatic heterocycles. The standard InChI is InChI=1S/C20H24N4O3/c1-26-17-4-2-3-15(11-17)19-12-18(27-23-19)13-20(25)6-9-24(10-7-20)14-16-5-8-21-22-16/h2-5,8,11-12,25H,6-7,9-10,13-14H2,1H3,(H,21,22). The van der Waals surface area contributed by atoms with Gasteiger partial charge in [-0.1, -0.05) is 17.3 Å². The first kappa shape index (κ1) is 17.8. The van der Waals surface area contributed by atoms with E-state index in [4.69, 9.17) is 9.26 Å². The highest BCUT2D eigenvalue weighted by Gasteiger charge is 2.33. The van der Waals surface area contributed by atoms with Crippen molar-refractivity contribution in [2.24, 2.45) is 0 Å². The maximum absolute atomic E-state index is 11.0. The molecule has 0 aliphatic carbocycles. The van der Waals surface area contributed by atoms with Crippen molar-refractivity contribution in [3.05, 3.63) is 54.0 Å². The molecule has 2 aromatic heterocycles. The van der Waals surface area contributed by atoms with Crippen LogP contribution < -0.4 is 4.74 Å². The molecular formula is C20H24N4O3. The summed E-state index contributed by atoms with van der Waals surface area (Å²) in [6, 6.07) is 11.6. The van der Waals surface area contributed by atoms with E-state index >= 15 is 0 Å². The van der Waals surface area contributed by atoms with Crippen molar-refractivity contribution in [1.29, 1.82) is 0 Å². The summed E-state index contributed by atoms with van der Waals surface area (Å²) in [7, 11) is 1.64. The monoisotopic (exact) mass is 368 g/mol. The number of benzene rings is 1. The van der Waals surface area contributed by atoms with E-state index in [2.05, 4.69) is 20.3 Å². The van der Waals surface area contributed by atoms with E-state index < -0.39 is 5.60 Å². The van der Waals surface area contributed by atoms with Gasteiger partial charge in [0.05, 0.1) is 12.7 Å². The Kier molecular flexibility index (Phi) is 4.96. The largest absolute Gasteiger partial charge is 0.497 e.